The Hall–Kier alpha value is -1.10. The number of halogens is 1. The lowest BCUT2D eigenvalue weighted by Crippen LogP contribution is -2.55. The molecule has 0 bridgehead atoms. The van der Waals surface area contributed by atoms with Gasteiger partial charge in [0, 0.05) is 23.7 Å². The quantitative estimate of drug-likeness (QED) is 0.911. The molecule has 1 aromatic rings. The van der Waals surface area contributed by atoms with Crippen molar-refractivity contribution < 1.29 is 14.6 Å². The van der Waals surface area contributed by atoms with Gasteiger partial charge in [0.2, 0.25) is 0 Å². The highest BCUT2D eigenvalue weighted by atomic mass is 35.5. The molecule has 1 N–H and O–H groups in total. The predicted octanol–water partition coefficient (Wildman–Crippen LogP) is 2.26. The largest absolute Gasteiger partial charge is 0.394 e. The van der Waals surface area contributed by atoms with Crippen molar-refractivity contribution in [1.29, 1.82) is 0 Å². The first-order chi connectivity index (χ1) is 9.30. The van der Waals surface area contributed by atoms with Gasteiger partial charge in [-0.05, 0) is 44.5 Å². The van der Waals surface area contributed by atoms with Crippen LogP contribution in [0, 0.1) is 6.92 Å². The number of aliphatic hydroxyl groups is 1. The third-order valence-electron chi connectivity index (χ3n) is 3.26. The van der Waals surface area contributed by atoms with Gasteiger partial charge in [-0.2, -0.15) is 0 Å². The van der Waals surface area contributed by atoms with Crippen molar-refractivity contribution in [1.82, 2.24) is 4.90 Å². The Bertz CT molecular complexity index is 496. The van der Waals surface area contributed by atoms with E-state index in [2.05, 4.69) is 0 Å². The molecule has 1 aliphatic rings. The summed E-state index contributed by atoms with van der Waals surface area (Å²) in [5.74, 6) is -0.0783. The molecule has 1 saturated heterocycles. The van der Waals surface area contributed by atoms with E-state index in [0.29, 0.717) is 23.7 Å². The minimum atomic E-state index is -0.463. The lowest BCUT2D eigenvalue weighted by Gasteiger charge is -2.42. The summed E-state index contributed by atoms with van der Waals surface area (Å²) in [6.45, 7) is 6.53. The molecule has 20 heavy (non-hydrogen) atoms. The monoisotopic (exact) mass is 297 g/mol. The average molecular weight is 298 g/mol. The van der Waals surface area contributed by atoms with Crippen molar-refractivity contribution in [2.24, 2.45) is 0 Å². The third-order valence-corrected chi connectivity index (χ3v) is 3.48. The number of morpholine rings is 1. The van der Waals surface area contributed by atoms with Gasteiger partial charge < -0.3 is 14.7 Å². The van der Waals surface area contributed by atoms with Crippen LogP contribution in [0.25, 0.3) is 0 Å². The zero-order valence-corrected chi connectivity index (χ0v) is 12.8. The Balaban J connectivity index is 2.23. The van der Waals surface area contributed by atoms with Crippen LogP contribution in [0.2, 0.25) is 5.02 Å². The minimum absolute atomic E-state index is 0.0783. The fourth-order valence-corrected chi connectivity index (χ4v) is 2.88. The van der Waals surface area contributed by atoms with Gasteiger partial charge in [-0.3, -0.25) is 4.79 Å². The summed E-state index contributed by atoms with van der Waals surface area (Å²) in [7, 11) is 0. The highest BCUT2D eigenvalue weighted by Gasteiger charge is 2.35. The van der Waals surface area contributed by atoms with Crippen LogP contribution < -0.4 is 0 Å². The first-order valence-corrected chi connectivity index (χ1v) is 7.04. The standard InChI is InChI=1S/C15H20ClNO3/c1-10-4-11(6-12(16)5-10)14(19)17-7-13(8-18)20-15(2,3)9-17/h4-6,13,18H,7-9H2,1-3H3. The number of amides is 1. The Kier molecular flexibility index (Phi) is 4.37. The summed E-state index contributed by atoms with van der Waals surface area (Å²) in [6.07, 6.45) is -0.344. The topological polar surface area (TPSA) is 49.8 Å². The molecule has 1 heterocycles. The lowest BCUT2D eigenvalue weighted by molar-refractivity contribution is -0.139. The lowest BCUT2D eigenvalue weighted by atomic mass is 10.0. The molecule has 1 aliphatic heterocycles. The molecule has 1 aromatic carbocycles. The van der Waals surface area contributed by atoms with Crippen molar-refractivity contribution in [2.75, 3.05) is 19.7 Å². The second-order valence-electron chi connectivity index (χ2n) is 5.89. The Morgan fingerprint density at radius 1 is 1.50 bits per heavy atom. The molecular formula is C15H20ClNO3. The number of aliphatic hydroxyl groups excluding tert-OH is 1. The van der Waals surface area contributed by atoms with E-state index in [1.807, 2.05) is 32.9 Å². The summed E-state index contributed by atoms with van der Waals surface area (Å²) >= 11 is 6.01. The van der Waals surface area contributed by atoms with Gasteiger partial charge in [0.25, 0.3) is 5.91 Å². The van der Waals surface area contributed by atoms with Gasteiger partial charge in [-0.25, -0.2) is 0 Å². The zero-order chi connectivity index (χ0) is 14.9. The molecule has 4 nitrogen and oxygen atoms in total. The van der Waals surface area contributed by atoms with Crippen LogP contribution >= 0.6 is 11.6 Å². The molecule has 5 heteroatoms. The number of carbonyl (C=O) groups excluding carboxylic acids is 1. The van der Waals surface area contributed by atoms with Gasteiger partial charge in [-0.15, -0.1) is 0 Å². The highest BCUT2D eigenvalue weighted by Crippen LogP contribution is 2.23. The summed E-state index contributed by atoms with van der Waals surface area (Å²) in [6, 6.07) is 5.32. The average Bonchev–Trinajstić information content (AvgIpc) is 2.34. The molecule has 2 rings (SSSR count). The normalized spacial score (nSPS) is 21.9. The van der Waals surface area contributed by atoms with Crippen LogP contribution in [0.5, 0.6) is 0 Å². The molecule has 0 aromatic heterocycles. The number of carbonyl (C=O) groups is 1. The van der Waals surface area contributed by atoms with E-state index in [-0.39, 0.29) is 18.6 Å². The van der Waals surface area contributed by atoms with Crippen molar-refractivity contribution in [3.05, 3.63) is 34.3 Å². The smallest absolute Gasteiger partial charge is 0.254 e. The Morgan fingerprint density at radius 3 is 2.80 bits per heavy atom. The van der Waals surface area contributed by atoms with E-state index in [9.17, 15) is 9.90 Å². The highest BCUT2D eigenvalue weighted by molar-refractivity contribution is 6.31. The van der Waals surface area contributed by atoms with Crippen LogP contribution in [-0.2, 0) is 4.74 Å². The van der Waals surface area contributed by atoms with Gasteiger partial charge >= 0.3 is 0 Å². The summed E-state index contributed by atoms with van der Waals surface area (Å²) in [5.41, 5.74) is 1.06. The molecule has 0 aliphatic carbocycles. The van der Waals surface area contributed by atoms with Gasteiger partial charge in [0.05, 0.1) is 18.3 Å². The molecule has 110 valence electrons. The minimum Gasteiger partial charge on any atom is -0.394 e. The predicted molar refractivity (Wildman–Crippen MR) is 78.1 cm³/mol. The summed E-state index contributed by atoms with van der Waals surface area (Å²) in [5, 5.41) is 9.85. The van der Waals surface area contributed by atoms with Crippen molar-refractivity contribution in [2.45, 2.75) is 32.5 Å². The maximum Gasteiger partial charge on any atom is 0.254 e. The number of benzene rings is 1. The SMILES string of the molecule is Cc1cc(Cl)cc(C(=O)N2CC(CO)OC(C)(C)C2)c1. The molecule has 0 spiro atoms. The number of hydrogen-bond acceptors (Lipinski definition) is 3. The van der Waals surface area contributed by atoms with Crippen LogP contribution in [-0.4, -0.2) is 47.3 Å². The molecule has 1 amide bonds. The van der Waals surface area contributed by atoms with Gasteiger partial charge in [-0.1, -0.05) is 11.6 Å². The van der Waals surface area contributed by atoms with E-state index in [0.717, 1.165) is 5.56 Å². The van der Waals surface area contributed by atoms with Crippen LogP contribution in [0.1, 0.15) is 29.8 Å². The second-order valence-corrected chi connectivity index (χ2v) is 6.32. The fourth-order valence-electron chi connectivity index (χ4n) is 2.59. The number of hydrogen-bond donors (Lipinski definition) is 1. The van der Waals surface area contributed by atoms with Crippen LogP contribution in [0.3, 0.4) is 0 Å². The molecule has 1 atom stereocenters. The molecule has 0 saturated carbocycles. The molecular weight excluding hydrogens is 278 g/mol. The van der Waals surface area contributed by atoms with Crippen molar-refractivity contribution in [3.63, 3.8) is 0 Å². The van der Waals surface area contributed by atoms with Crippen molar-refractivity contribution >= 4 is 17.5 Å². The third kappa shape index (κ3) is 3.51. The fraction of sp³-hybridized carbons (Fsp3) is 0.533. The summed E-state index contributed by atoms with van der Waals surface area (Å²) < 4.78 is 5.72. The Morgan fingerprint density at radius 2 is 2.20 bits per heavy atom. The maximum absolute atomic E-state index is 12.6. The molecule has 1 unspecified atom stereocenters. The first kappa shape index (κ1) is 15.3. The number of nitrogens with zero attached hydrogens (tertiary/aromatic N) is 1. The van der Waals surface area contributed by atoms with Crippen molar-refractivity contribution in [3.8, 4) is 0 Å². The number of aryl methyl sites for hydroxylation is 1. The van der Waals surface area contributed by atoms with Gasteiger partial charge in [0.1, 0.15) is 0 Å². The van der Waals surface area contributed by atoms with E-state index >= 15 is 0 Å². The van der Waals surface area contributed by atoms with E-state index < -0.39 is 5.60 Å². The van der Waals surface area contributed by atoms with Crippen LogP contribution in [0.15, 0.2) is 18.2 Å². The first-order valence-electron chi connectivity index (χ1n) is 6.66. The second kappa shape index (κ2) is 5.72. The van der Waals surface area contributed by atoms with E-state index in [1.54, 1.807) is 11.0 Å². The van der Waals surface area contributed by atoms with Gasteiger partial charge in [0.15, 0.2) is 0 Å². The van der Waals surface area contributed by atoms with E-state index in [1.165, 1.54) is 0 Å². The summed E-state index contributed by atoms with van der Waals surface area (Å²) in [4.78, 5) is 14.3. The zero-order valence-electron chi connectivity index (χ0n) is 12.0. The maximum atomic E-state index is 12.6. The number of ether oxygens (including phenoxy) is 1. The number of rotatable bonds is 2. The Labute approximate surface area is 124 Å². The van der Waals surface area contributed by atoms with Crippen LogP contribution in [0.4, 0.5) is 0 Å². The molecule has 1 fully saturated rings. The molecule has 0 radical (unpaired) electrons. The van der Waals surface area contributed by atoms with E-state index in [4.69, 9.17) is 16.3 Å².